The van der Waals surface area contributed by atoms with E-state index in [1.807, 2.05) is 0 Å². The Morgan fingerprint density at radius 1 is 1.11 bits per heavy atom. The van der Waals surface area contributed by atoms with Crippen molar-refractivity contribution >= 4 is 11.9 Å². The van der Waals surface area contributed by atoms with E-state index in [9.17, 15) is 19.5 Å². The monoisotopic (exact) mass is 391 g/mol. The molecule has 1 unspecified atom stereocenters. The van der Waals surface area contributed by atoms with Crippen molar-refractivity contribution in [2.45, 2.75) is 12.3 Å². The Balaban J connectivity index is 2.74. The fraction of sp³-hybridized carbons (Fsp3) is 0.316. The predicted octanol–water partition coefficient (Wildman–Crippen LogP) is 1.58. The van der Waals surface area contributed by atoms with Crippen LogP contribution in [0, 0.1) is 0 Å². The van der Waals surface area contributed by atoms with Gasteiger partial charge in [-0.25, -0.2) is 4.79 Å². The normalized spacial score (nSPS) is 11.4. The molecule has 0 radical (unpaired) electrons. The number of ether oxygens (including phenoxy) is 4. The second kappa shape index (κ2) is 8.94. The number of carbonyl (C=O) groups excluding carboxylic acids is 2. The number of nitrogens with one attached hydrogen (secondary N) is 1. The summed E-state index contributed by atoms with van der Waals surface area (Å²) in [5, 5.41) is 10.6. The molecule has 1 aromatic carbocycles. The maximum absolute atomic E-state index is 12.5. The minimum Gasteiger partial charge on any atom is -0.506 e. The molecule has 9 nitrogen and oxygen atoms in total. The van der Waals surface area contributed by atoms with Gasteiger partial charge < -0.3 is 29.0 Å². The summed E-state index contributed by atoms with van der Waals surface area (Å²) in [6.45, 7) is 0. The van der Waals surface area contributed by atoms with Crippen LogP contribution in [-0.2, 0) is 14.3 Å². The maximum atomic E-state index is 12.5. The van der Waals surface area contributed by atoms with Crippen molar-refractivity contribution in [3.8, 4) is 17.2 Å². The molecule has 0 amide bonds. The van der Waals surface area contributed by atoms with Gasteiger partial charge in [0.1, 0.15) is 22.8 Å². The lowest BCUT2D eigenvalue weighted by atomic mass is 9.87. The van der Waals surface area contributed by atoms with E-state index in [0.717, 1.165) is 13.3 Å². The van der Waals surface area contributed by atoms with E-state index < -0.39 is 29.2 Å². The van der Waals surface area contributed by atoms with Crippen molar-refractivity contribution < 1.29 is 33.6 Å². The van der Waals surface area contributed by atoms with Crippen molar-refractivity contribution in [2.75, 3.05) is 28.4 Å². The molecule has 0 spiro atoms. The predicted molar refractivity (Wildman–Crippen MR) is 98.1 cm³/mol. The van der Waals surface area contributed by atoms with Crippen LogP contribution in [0.25, 0.3) is 0 Å². The molecule has 28 heavy (non-hydrogen) atoms. The first kappa shape index (κ1) is 20.8. The van der Waals surface area contributed by atoms with Crippen molar-refractivity contribution in [1.29, 1.82) is 0 Å². The highest BCUT2D eigenvalue weighted by Crippen LogP contribution is 2.39. The number of rotatable bonds is 7. The first-order chi connectivity index (χ1) is 13.4. The van der Waals surface area contributed by atoms with Gasteiger partial charge in [-0.05, 0) is 6.07 Å². The number of H-pyrrole nitrogens is 1. The Morgan fingerprint density at radius 2 is 1.82 bits per heavy atom. The summed E-state index contributed by atoms with van der Waals surface area (Å²) in [5.74, 6) is -2.17. The van der Waals surface area contributed by atoms with E-state index in [0.29, 0.717) is 17.1 Å². The molecule has 1 aromatic heterocycles. The maximum Gasteiger partial charge on any atom is 0.343 e. The fourth-order valence-corrected chi connectivity index (χ4v) is 2.85. The number of hydrogen-bond donors (Lipinski definition) is 2. The minimum absolute atomic E-state index is 0.184. The van der Waals surface area contributed by atoms with Gasteiger partial charge in [-0.3, -0.25) is 9.59 Å². The Labute approximate surface area is 160 Å². The van der Waals surface area contributed by atoms with Crippen molar-refractivity contribution in [3.63, 3.8) is 0 Å². The second-order valence-corrected chi connectivity index (χ2v) is 5.73. The molecule has 0 aliphatic carbocycles. The number of pyridine rings is 1. The van der Waals surface area contributed by atoms with Crippen molar-refractivity contribution in [1.82, 2.24) is 4.98 Å². The van der Waals surface area contributed by atoms with Gasteiger partial charge in [0.25, 0.3) is 5.56 Å². The molecule has 0 fully saturated rings. The zero-order valence-electron chi connectivity index (χ0n) is 15.9. The van der Waals surface area contributed by atoms with Gasteiger partial charge in [0.05, 0.1) is 40.4 Å². The van der Waals surface area contributed by atoms with Crippen molar-refractivity contribution in [3.05, 3.63) is 51.4 Å². The number of aromatic nitrogens is 1. The summed E-state index contributed by atoms with van der Waals surface area (Å²) >= 11 is 0. The van der Waals surface area contributed by atoms with Gasteiger partial charge in [-0.1, -0.05) is 6.07 Å². The number of aromatic hydroxyl groups is 1. The summed E-state index contributed by atoms with van der Waals surface area (Å²) in [6, 6.07) is 4.81. The Kier molecular flexibility index (Phi) is 6.64. The molecular formula is C19H21NO8. The lowest BCUT2D eigenvalue weighted by Gasteiger charge is -2.21. The lowest BCUT2D eigenvalue weighted by molar-refractivity contribution is -0.140. The van der Waals surface area contributed by atoms with E-state index in [4.69, 9.17) is 14.2 Å². The number of carbonyl (C=O) groups is 2. The quantitative estimate of drug-likeness (QED) is 0.682. The molecule has 150 valence electrons. The molecule has 2 N–H and O–H groups in total. The van der Waals surface area contributed by atoms with Crippen LogP contribution >= 0.6 is 0 Å². The Morgan fingerprint density at radius 3 is 2.39 bits per heavy atom. The zero-order chi connectivity index (χ0) is 20.8. The van der Waals surface area contributed by atoms with Crippen LogP contribution in [-0.4, -0.2) is 50.5 Å². The number of aromatic amines is 1. The molecule has 0 saturated heterocycles. The zero-order valence-corrected chi connectivity index (χ0v) is 15.9. The highest BCUT2D eigenvalue weighted by molar-refractivity contribution is 5.92. The highest BCUT2D eigenvalue weighted by atomic mass is 16.5. The van der Waals surface area contributed by atoms with Gasteiger partial charge in [-0.2, -0.15) is 0 Å². The van der Waals surface area contributed by atoms with E-state index >= 15 is 0 Å². The van der Waals surface area contributed by atoms with E-state index in [1.54, 1.807) is 18.2 Å². The van der Waals surface area contributed by atoms with Gasteiger partial charge in [0.2, 0.25) is 0 Å². The molecule has 1 atom stereocenters. The standard InChI is InChI=1S/C19H21NO8/c1-25-10-5-6-11(14(7-10)26-2)12(8-15(21)27-3)16-17(22)13(19(24)28-4)9-20-18(16)23/h5-7,9,12H,8H2,1-4H3,(H2,20,22,23). The van der Waals surface area contributed by atoms with E-state index in [2.05, 4.69) is 9.72 Å². The van der Waals surface area contributed by atoms with Gasteiger partial charge in [0.15, 0.2) is 0 Å². The second-order valence-electron chi connectivity index (χ2n) is 5.73. The molecule has 9 heteroatoms. The molecule has 2 rings (SSSR count). The van der Waals surface area contributed by atoms with E-state index in [1.165, 1.54) is 21.3 Å². The third-order valence-electron chi connectivity index (χ3n) is 4.27. The average molecular weight is 391 g/mol. The summed E-state index contributed by atoms with van der Waals surface area (Å²) < 4.78 is 19.9. The highest BCUT2D eigenvalue weighted by Gasteiger charge is 2.30. The third kappa shape index (κ3) is 4.08. The van der Waals surface area contributed by atoms with Crippen LogP contribution in [0.5, 0.6) is 17.2 Å². The molecule has 2 aromatic rings. The van der Waals surface area contributed by atoms with Crippen LogP contribution < -0.4 is 15.0 Å². The number of hydrogen-bond acceptors (Lipinski definition) is 8. The summed E-state index contributed by atoms with van der Waals surface area (Å²) in [6.07, 6.45) is 0.772. The molecular weight excluding hydrogens is 370 g/mol. The first-order valence-electron chi connectivity index (χ1n) is 8.19. The van der Waals surface area contributed by atoms with Gasteiger partial charge in [0, 0.05) is 23.7 Å². The fourth-order valence-electron chi connectivity index (χ4n) is 2.85. The topological polar surface area (TPSA) is 124 Å². The largest absolute Gasteiger partial charge is 0.506 e. The van der Waals surface area contributed by atoms with Crippen LogP contribution in [0.4, 0.5) is 0 Å². The molecule has 0 aliphatic rings. The number of benzene rings is 1. The third-order valence-corrected chi connectivity index (χ3v) is 4.27. The Bertz CT molecular complexity index is 934. The summed E-state index contributed by atoms with van der Waals surface area (Å²) in [7, 11) is 5.25. The summed E-state index contributed by atoms with van der Waals surface area (Å²) in [4.78, 5) is 38.8. The molecule has 0 saturated carbocycles. The SMILES string of the molecule is COC(=O)CC(c1ccc(OC)cc1OC)c1c(O)c(C(=O)OC)c[nH]c1=O. The van der Waals surface area contributed by atoms with Crippen LogP contribution in [0.3, 0.4) is 0 Å². The van der Waals surface area contributed by atoms with Gasteiger partial charge >= 0.3 is 11.9 Å². The van der Waals surface area contributed by atoms with Crippen LogP contribution in [0.2, 0.25) is 0 Å². The number of esters is 2. The van der Waals surface area contributed by atoms with Crippen LogP contribution in [0.1, 0.15) is 33.8 Å². The minimum atomic E-state index is -0.957. The molecule has 1 heterocycles. The lowest BCUT2D eigenvalue weighted by Crippen LogP contribution is -2.22. The summed E-state index contributed by atoms with van der Waals surface area (Å²) in [5.41, 5.74) is -0.662. The van der Waals surface area contributed by atoms with Gasteiger partial charge in [-0.15, -0.1) is 0 Å². The Hall–Kier alpha value is -3.49. The smallest absolute Gasteiger partial charge is 0.343 e. The first-order valence-corrected chi connectivity index (χ1v) is 8.19. The van der Waals surface area contributed by atoms with E-state index in [-0.39, 0.29) is 17.5 Å². The molecule has 0 aliphatic heterocycles. The molecule has 0 bridgehead atoms. The average Bonchev–Trinajstić information content (AvgIpc) is 2.71. The van der Waals surface area contributed by atoms with Crippen molar-refractivity contribution in [2.24, 2.45) is 0 Å². The van der Waals surface area contributed by atoms with Crippen LogP contribution in [0.15, 0.2) is 29.2 Å². The number of methoxy groups -OCH3 is 4.